The van der Waals surface area contributed by atoms with Gasteiger partial charge in [-0.2, -0.15) is 0 Å². The molecule has 1 saturated carbocycles. The van der Waals surface area contributed by atoms with Crippen molar-refractivity contribution in [2.45, 2.75) is 50.7 Å². The van der Waals surface area contributed by atoms with Gasteiger partial charge in [-0.25, -0.2) is 0 Å². The highest BCUT2D eigenvalue weighted by Gasteiger charge is 2.26. The normalized spacial score (nSPS) is 15.6. The molecule has 0 aliphatic heterocycles. The number of anilines is 2. The zero-order chi connectivity index (χ0) is 26.8. The van der Waals surface area contributed by atoms with Gasteiger partial charge in [0.05, 0.1) is 21.3 Å². The van der Waals surface area contributed by atoms with Gasteiger partial charge in [0.15, 0.2) is 11.5 Å². The van der Waals surface area contributed by atoms with Gasteiger partial charge < -0.3 is 35.7 Å². The number of aliphatic hydroxyl groups excluding tert-OH is 1. The number of hydrogen-bond donors (Lipinski definition) is 4. The fourth-order valence-electron chi connectivity index (χ4n) is 4.54. The van der Waals surface area contributed by atoms with Crippen LogP contribution < -0.4 is 30.6 Å². The van der Waals surface area contributed by atoms with Gasteiger partial charge in [0.1, 0.15) is 6.10 Å². The van der Waals surface area contributed by atoms with Crippen LogP contribution >= 0.6 is 0 Å². The maximum atomic E-state index is 12.5. The van der Waals surface area contributed by atoms with Crippen molar-refractivity contribution in [3.63, 3.8) is 0 Å². The molecule has 0 spiro atoms. The molecule has 200 valence electrons. The molecule has 0 aromatic heterocycles. The molecule has 2 amide bonds. The molecule has 2 atom stereocenters. The number of carbonyl (C=O) groups is 2. The van der Waals surface area contributed by atoms with Crippen molar-refractivity contribution < 1.29 is 28.9 Å². The summed E-state index contributed by atoms with van der Waals surface area (Å²) < 4.78 is 16.0. The van der Waals surface area contributed by atoms with Crippen LogP contribution in [0.15, 0.2) is 42.5 Å². The molecule has 2 aromatic carbocycles. The standard InChI is InChI=1S/C28H37N3O6/c1-35-23-16-19(17-24(36-2)27(23)37-3)9-14-25(32)30-20-10-12-21(13-11-20)31-28(34)26(33)22(29)15-18-7-5-4-6-8-18/h9-14,16-18,22,26,33H,4-8,15,29H2,1-3H3,(H,30,32)(H,31,34). The Balaban J connectivity index is 1.53. The lowest BCUT2D eigenvalue weighted by Gasteiger charge is -2.26. The first-order valence-corrected chi connectivity index (χ1v) is 12.5. The maximum absolute atomic E-state index is 12.5. The van der Waals surface area contributed by atoms with E-state index in [1.807, 2.05) is 0 Å². The molecular weight excluding hydrogens is 474 g/mol. The predicted molar refractivity (Wildman–Crippen MR) is 144 cm³/mol. The highest BCUT2D eigenvalue weighted by atomic mass is 16.5. The summed E-state index contributed by atoms with van der Waals surface area (Å²) in [7, 11) is 4.57. The van der Waals surface area contributed by atoms with E-state index in [9.17, 15) is 14.7 Å². The Morgan fingerprint density at radius 2 is 1.54 bits per heavy atom. The number of benzene rings is 2. The average Bonchev–Trinajstić information content (AvgIpc) is 2.92. The number of rotatable bonds is 11. The van der Waals surface area contributed by atoms with Crippen molar-refractivity contribution in [3.05, 3.63) is 48.0 Å². The fourth-order valence-corrected chi connectivity index (χ4v) is 4.54. The van der Waals surface area contributed by atoms with Crippen LogP contribution in [0.1, 0.15) is 44.1 Å². The lowest BCUT2D eigenvalue weighted by Crippen LogP contribution is -2.44. The Bertz CT molecular complexity index is 1050. The molecule has 1 fully saturated rings. The minimum atomic E-state index is -1.28. The second-order valence-corrected chi connectivity index (χ2v) is 9.20. The van der Waals surface area contributed by atoms with E-state index < -0.39 is 18.1 Å². The minimum Gasteiger partial charge on any atom is -0.493 e. The SMILES string of the molecule is COc1cc(C=CC(=O)Nc2ccc(NC(=O)C(O)C(N)CC3CCCCC3)cc2)cc(OC)c1OC. The van der Waals surface area contributed by atoms with Gasteiger partial charge >= 0.3 is 0 Å². The van der Waals surface area contributed by atoms with Crippen LogP contribution in [-0.4, -0.2) is 50.4 Å². The van der Waals surface area contributed by atoms with E-state index in [4.69, 9.17) is 19.9 Å². The van der Waals surface area contributed by atoms with Crippen molar-refractivity contribution in [1.29, 1.82) is 0 Å². The van der Waals surface area contributed by atoms with Crippen molar-refractivity contribution in [3.8, 4) is 17.2 Å². The number of nitrogens with two attached hydrogens (primary N) is 1. The molecule has 0 bridgehead atoms. The van der Waals surface area contributed by atoms with Crippen LogP contribution in [0, 0.1) is 5.92 Å². The summed E-state index contributed by atoms with van der Waals surface area (Å²) in [5, 5.41) is 15.8. The van der Waals surface area contributed by atoms with Crippen LogP contribution in [-0.2, 0) is 9.59 Å². The second kappa shape index (κ2) is 13.7. The number of nitrogens with one attached hydrogen (secondary N) is 2. The third-order valence-corrected chi connectivity index (χ3v) is 6.54. The molecule has 37 heavy (non-hydrogen) atoms. The third kappa shape index (κ3) is 7.96. The van der Waals surface area contributed by atoms with Crippen molar-refractivity contribution in [2.75, 3.05) is 32.0 Å². The number of aliphatic hydroxyl groups is 1. The molecular formula is C28H37N3O6. The predicted octanol–water partition coefficient (Wildman–Crippen LogP) is 3.96. The molecule has 1 aliphatic rings. The lowest BCUT2D eigenvalue weighted by atomic mass is 9.84. The van der Waals surface area contributed by atoms with Gasteiger partial charge in [0.2, 0.25) is 11.7 Å². The average molecular weight is 512 g/mol. The number of ether oxygens (including phenoxy) is 3. The molecule has 9 heteroatoms. The van der Waals surface area contributed by atoms with Crippen LogP contribution in [0.4, 0.5) is 11.4 Å². The van der Waals surface area contributed by atoms with E-state index in [2.05, 4.69) is 10.6 Å². The smallest absolute Gasteiger partial charge is 0.254 e. The molecule has 5 N–H and O–H groups in total. The van der Waals surface area contributed by atoms with Crippen LogP contribution in [0.2, 0.25) is 0 Å². The summed E-state index contributed by atoms with van der Waals surface area (Å²) in [4.78, 5) is 24.9. The monoisotopic (exact) mass is 511 g/mol. The maximum Gasteiger partial charge on any atom is 0.254 e. The van der Waals surface area contributed by atoms with Gasteiger partial charge in [-0.15, -0.1) is 0 Å². The summed E-state index contributed by atoms with van der Waals surface area (Å²) in [6.07, 6.45) is 8.21. The van der Waals surface area contributed by atoms with Gasteiger partial charge in [0.25, 0.3) is 5.91 Å². The van der Waals surface area contributed by atoms with Crippen LogP contribution in [0.25, 0.3) is 6.08 Å². The molecule has 2 unspecified atom stereocenters. The Hall–Kier alpha value is -3.56. The van der Waals surface area contributed by atoms with Crippen LogP contribution in [0.5, 0.6) is 17.2 Å². The Morgan fingerprint density at radius 1 is 0.973 bits per heavy atom. The van der Waals surface area contributed by atoms with Crippen LogP contribution in [0.3, 0.4) is 0 Å². The Kier molecular flexibility index (Phi) is 10.3. The molecule has 0 heterocycles. The fraction of sp³-hybridized carbons (Fsp3) is 0.429. The topological polar surface area (TPSA) is 132 Å². The zero-order valence-electron chi connectivity index (χ0n) is 21.7. The number of methoxy groups -OCH3 is 3. The Morgan fingerprint density at radius 3 is 2.08 bits per heavy atom. The molecule has 0 saturated heterocycles. The summed E-state index contributed by atoms with van der Waals surface area (Å²) in [5.74, 6) is 1.04. The van der Waals surface area contributed by atoms with Crippen molar-refractivity contribution >= 4 is 29.3 Å². The van der Waals surface area contributed by atoms with Gasteiger partial charge in [-0.05, 0) is 60.4 Å². The van der Waals surface area contributed by atoms with E-state index in [1.54, 1.807) is 42.5 Å². The second-order valence-electron chi connectivity index (χ2n) is 9.20. The van der Waals surface area contributed by atoms with Gasteiger partial charge in [-0.3, -0.25) is 9.59 Å². The largest absolute Gasteiger partial charge is 0.493 e. The summed E-state index contributed by atoms with van der Waals surface area (Å²) in [6.45, 7) is 0. The third-order valence-electron chi connectivity index (χ3n) is 6.54. The first-order valence-electron chi connectivity index (χ1n) is 12.5. The summed E-state index contributed by atoms with van der Waals surface area (Å²) in [6, 6.07) is 9.49. The zero-order valence-corrected chi connectivity index (χ0v) is 21.7. The van der Waals surface area contributed by atoms with E-state index >= 15 is 0 Å². The quantitative estimate of drug-likeness (QED) is 0.336. The minimum absolute atomic E-state index is 0.338. The van der Waals surface area contributed by atoms with E-state index in [0.717, 1.165) is 12.8 Å². The molecule has 0 radical (unpaired) electrons. The van der Waals surface area contributed by atoms with Gasteiger partial charge in [0, 0.05) is 23.5 Å². The molecule has 2 aromatic rings. The highest BCUT2D eigenvalue weighted by Crippen LogP contribution is 2.38. The lowest BCUT2D eigenvalue weighted by molar-refractivity contribution is -0.125. The number of amides is 2. The first-order chi connectivity index (χ1) is 17.8. The summed E-state index contributed by atoms with van der Waals surface area (Å²) in [5.41, 5.74) is 7.86. The van der Waals surface area contributed by atoms with Gasteiger partial charge in [-0.1, -0.05) is 32.1 Å². The van der Waals surface area contributed by atoms with E-state index in [1.165, 1.54) is 46.7 Å². The van der Waals surface area contributed by atoms with Crippen molar-refractivity contribution in [2.24, 2.45) is 11.7 Å². The first kappa shape index (κ1) is 28.0. The number of carbonyl (C=O) groups excluding carboxylic acids is 2. The highest BCUT2D eigenvalue weighted by molar-refractivity contribution is 6.02. The van der Waals surface area contributed by atoms with E-state index in [-0.39, 0.29) is 5.91 Å². The van der Waals surface area contributed by atoms with E-state index in [0.29, 0.717) is 46.5 Å². The van der Waals surface area contributed by atoms with Crippen molar-refractivity contribution in [1.82, 2.24) is 0 Å². The number of hydrogen-bond acceptors (Lipinski definition) is 7. The summed E-state index contributed by atoms with van der Waals surface area (Å²) >= 11 is 0. The molecule has 1 aliphatic carbocycles. The molecule has 3 rings (SSSR count). The molecule has 9 nitrogen and oxygen atoms in total. The Labute approximate surface area is 218 Å².